The van der Waals surface area contributed by atoms with Crippen LogP contribution in [0.2, 0.25) is 5.02 Å². The normalized spacial score (nSPS) is 16.3. The summed E-state index contributed by atoms with van der Waals surface area (Å²) in [6, 6.07) is 13.0. The van der Waals surface area contributed by atoms with Crippen LogP contribution in [-0.4, -0.2) is 46.5 Å². The molecule has 2 aliphatic rings. The van der Waals surface area contributed by atoms with Gasteiger partial charge in [-0.3, -0.25) is 14.5 Å². The van der Waals surface area contributed by atoms with Crippen molar-refractivity contribution in [2.45, 2.75) is 25.9 Å². The monoisotopic (exact) mass is 451 g/mol. The lowest BCUT2D eigenvalue weighted by atomic mass is 10.1. The van der Waals surface area contributed by atoms with E-state index < -0.39 is 0 Å². The van der Waals surface area contributed by atoms with Gasteiger partial charge >= 0.3 is 0 Å². The van der Waals surface area contributed by atoms with Crippen molar-refractivity contribution in [3.8, 4) is 0 Å². The molecule has 5 rings (SSSR count). The molecule has 0 aliphatic carbocycles. The third kappa shape index (κ3) is 3.93. The van der Waals surface area contributed by atoms with E-state index >= 15 is 0 Å². The van der Waals surface area contributed by atoms with Crippen LogP contribution in [0.4, 0.5) is 11.4 Å². The van der Waals surface area contributed by atoms with E-state index in [9.17, 15) is 9.59 Å². The first-order valence-corrected chi connectivity index (χ1v) is 10.9. The second-order valence-electron chi connectivity index (χ2n) is 7.96. The average Bonchev–Trinajstić information content (AvgIpc) is 3.49. The van der Waals surface area contributed by atoms with Crippen molar-refractivity contribution >= 4 is 34.8 Å². The number of hydrogen-bond donors (Lipinski definition) is 0. The van der Waals surface area contributed by atoms with Crippen molar-refractivity contribution in [1.29, 1.82) is 0 Å². The second-order valence-corrected chi connectivity index (χ2v) is 8.37. The van der Waals surface area contributed by atoms with Gasteiger partial charge in [-0.1, -0.05) is 29.8 Å². The lowest BCUT2D eigenvalue weighted by Gasteiger charge is -2.23. The molecule has 3 aromatic rings. The Balaban J connectivity index is 1.45. The van der Waals surface area contributed by atoms with Gasteiger partial charge in [-0.15, -0.1) is 10.2 Å². The number of benzene rings is 2. The molecule has 1 saturated heterocycles. The predicted molar refractivity (Wildman–Crippen MR) is 120 cm³/mol. The maximum Gasteiger partial charge on any atom is 0.260 e. The van der Waals surface area contributed by atoms with Crippen LogP contribution in [0.15, 0.2) is 53.3 Å². The fourth-order valence-electron chi connectivity index (χ4n) is 4.27. The summed E-state index contributed by atoms with van der Waals surface area (Å²) in [7, 11) is 0. The fraction of sp³-hybridized carbons (Fsp3) is 0.304. The summed E-state index contributed by atoms with van der Waals surface area (Å²) in [6.07, 6.45) is 3.55. The number of carbonyl (C=O) groups is 2. The van der Waals surface area contributed by atoms with Gasteiger partial charge in [0.25, 0.3) is 5.91 Å². The van der Waals surface area contributed by atoms with E-state index in [2.05, 4.69) is 15.1 Å². The minimum atomic E-state index is -0.302. The maximum atomic E-state index is 13.6. The van der Waals surface area contributed by atoms with Gasteiger partial charge in [0, 0.05) is 31.0 Å². The lowest BCUT2D eigenvalue weighted by molar-refractivity contribution is -0.131. The van der Waals surface area contributed by atoms with Crippen LogP contribution in [0.25, 0.3) is 0 Å². The van der Waals surface area contributed by atoms with E-state index in [1.165, 1.54) is 11.3 Å². The predicted octanol–water partition coefficient (Wildman–Crippen LogP) is 3.51. The largest absolute Gasteiger partial charge is 0.426 e. The van der Waals surface area contributed by atoms with Crippen molar-refractivity contribution in [1.82, 2.24) is 15.1 Å². The zero-order valence-corrected chi connectivity index (χ0v) is 18.2. The highest BCUT2D eigenvalue weighted by Gasteiger charge is 2.31. The molecule has 0 unspecified atom stereocenters. The SMILES string of the molecule is O=C1CN(C(=O)c2ccc(N3CCCC3)cc2Cl)c2ccccc2CN1Cc1nnco1. The zero-order valence-electron chi connectivity index (χ0n) is 17.4. The van der Waals surface area contributed by atoms with Gasteiger partial charge in [0.15, 0.2) is 0 Å². The molecule has 2 amide bonds. The van der Waals surface area contributed by atoms with E-state index in [1.807, 2.05) is 36.4 Å². The molecule has 0 radical (unpaired) electrons. The first kappa shape index (κ1) is 20.5. The molecule has 0 N–H and O–H groups in total. The molecule has 9 heteroatoms. The van der Waals surface area contributed by atoms with Gasteiger partial charge < -0.3 is 14.2 Å². The first-order valence-electron chi connectivity index (χ1n) is 10.6. The van der Waals surface area contributed by atoms with Gasteiger partial charge in [0.1, 0.15) is 6.54 Å². The van der Waals surface area contributed by atoms with Crippen LogP contribution < -0.4 is 9.80 Å². The Hall–Kier alpha value is -3.39. The highest BCUT2D eigenvalue weighted by molar-refractivity contribution is 6.35. The molecule has 0 bridgehead atoms. The van der Waals surface area contributed by atoms with E-state index in [0.717, 1.165) is 37.2 Å². The lowest BCUT2D eigenvalue weighted by Crippen LogP contribution is -2.40. The molecule has 0 spiro atoms. The minimum absolute atomic E-state index is 0.103. The summed E-state index contributed by atoms with van der Waals surface area (Å²) < 4.78 is 5.21. The Labute approximate surface area is 190 Å². The number of rotatable bonds is 4. The summed E-state index contributed by atoms with van der Waals surface area (Å²) in [5.41, 5.74) is 2.94. The van der Waals surface area contributed by atoms with Crippen LogP contribution >= 0.6 is 11.6 Å². The van der Waals surface area contributed by atoms with E-state index in [0.29, 0.717) is 28.7 Å². The molecule has 2 aromatic carbocycles. The van der Waals surface area contributed by atoms with Crippen LogP contribution in [0.5, 0.6) is 0 Å². The number of fused-ring (bicyclic) bond motifs is 1. The Kier molecular flexibility index (Phi) is 5.53. The third-order valence-electron chi connectivity index (χ3n) is 5.92. The summed E-state index contributed by atoms with van der Waals surface area (Å²) in [5.74, 6) is -0.169. The number of carbonyl (C=O) groups excluding carboxylic acids is 2. The number of amides is 2. The fourth-order valence-corrected chi connectivity index (χ4v) is 4.53. The highest BCUT2D eigenvalue weighted by atomic mass is 35.5. The number of para-hydroxylation sites is 1. The maximum absolute atomic E-state index is 13.6. The summed E-state index contributed by atoms with van der Waals surface area (Å²) in [6.45, 7) is 2.40. The van der Waals surface area contributed by atoms with Crippen molar-refractivity contribution in [2.75, 3.05) is 29.4 Å². The molecule has 1 aromatic heterocycles. The standard InChI is InChI=1S/C23H22ClN5O3/c24-19-11-17(27-9-3-4-10-27)7-8-18(19)23(31)29-14-22(30)28(13-21-26-25-15-32-21)12-16-5-1-2-6-20(16)29/h1-2,5-8,11,15H,3-4,9-10,12-14H2. The molecular weight excluding hydrogens is 430 g/mol. The minimum Gasteiger partial charge on any atom is -0.426 e. The molecule has 0 saturated carbocycles. The van der Waals surface area contributed by atoms with Gasteiger partial charge in [0.05, 0.1) is 17.1 Å². The Morgan fingerprint density at radius 1 is 1.09 bits per heavy atom. The van der Waals surface area contributed by atoms with Gasteiger partial charge in [0.2, 0.25) is 18.2 Å². The molecule has 1 fully saturated rings. The molecule has 3 heterocycles. The molecule has 2 aliphatic heterocycles. The zero-order chi connectivity index (χ0) is 22.1. The smallest absolute Gasteiger partial charge is 0.260 e. The number of aromatic nitrogens is 2. The third-order valence-corrected chi connectivity index (χ3v) is 6.23. The van der Waals surface area contributed by atoms with Gasteiger partial charge in [-0.2, -0.15) is 0 Å². The van der Waals surface area contributed by atoms with Crippen molar-refractivity contribution in [3.05, 3.63) is 70.9 Å². The quantitative estimate of drug-likeness (QED) is 0.603. The Morgan fingerprint density at radius 2 is 1.91 bits per heavy atom. The van der Waals surface area contributed by atoms with Crippen molar-refractivity contribution < 1.29 is 14.0 Å². The molecule has 164 valence electrons. The summed E-state index contributed by atoms with van der Waals surface area (Å²) >= 11 is 6.55. The number of halogens is 1. The van der Waals surface area contributed by atoms with Gasteiger partial charge in [-0.05, 0) is 42.7 Å². The molecule has 0 atom stereocenters. The van der Waals surface area contributed by atoms with E-state index in [4.69, 9.17) is 16.0 Å². The Morgan fingerprint density at radius 3 is 2.66 bits per heavy atom. The molecular formula is C23H22ClN5O3. The van der Waals surface area contributed by atoms with E-state index in [-0.39, 0.29) is 24.9 Å². The van der Waals surface area contributed by atoms with Crippen molar-refractivity contribution in [3.63, 3.8) is 0 Å². The first-order chi connectivity index (χ1) is 15.6. The second kappa shape index (κ2) is 8.63. The average molecular weight is 452 g/mol. The Bertz CT molecular complexity index is 1140. The molecule has 32 heavy (non-hydrogen) atoms. The van der Waals surface area contributed by atoms with Gasteiger partial charge in [-0.25, -0.2) is 0 Å². The molecule has 8 nitrogen and oxygen atoms in total. The number of hydrogen-bond acceptors (Lipinski definition) is 6. The van der Waals surface area contributed by atoms with Crippen molar-refractivity contribution in [2.24, 2.45) is 0 Å². The summed E-state index contributed by atoms with van der Waals surface area (Å²) in [5, 5.41) is 7.93. The van der Waals surface area contributed by atoms with Crippen LogP contribution in [-0.2, 0) is 17.9 Å². The number of nitrogens with zero attached hydrogens (tertiary/aromatic N) is 5. The van der Waals surface area contributed by atoms with Crippen LogP contribution in [0.1, 0.15) is 34.7 Å². The van der Waals surface area contributed by atoms with E-state index in [1.54, 1.807) is 11.0 Å². The highest BCUT2D eigenvalue weighted by Crippen LogP contribution is 2.31. The summed E-state index contributed by atoms with van der Waals surface area (Å²) in [4.78, 5) is 32.0. The topological polar surface area (TPSA) is 82.8 Å². The van der Waals surface area contributed by atoms with Crippen LogP contribution in [0, 0.1) is 0 Å². The number of anilines is 2. The van der Waals surface area contributed by atoms with Crippen LogP contribution in [0.3, 0.4) is 0 Å².